The number of Topliss-reactive ketones (excluding diaryl/α,β-unsaturated/α-hetero) is 1. The van der Waals surface area contributed by atoms with Crippen molar-refractivity contribution < 1.29 is 38.3 Å². The van der Waals surface area contributed by atoms with Gasteiger partial charge in [0.15, 0.2) is 5.78 Å². The lowest BCUT2D eigenvalue weighted by Gasteiger charge is -2.25. The number of imide groups is 1. The summed E-state index contributed by atoms with van der Waals surface area (Å²) in [6.07, 6.45) is 2.74. The highest BCUT2D eigenvalue weighted by Crippen LogP contribution is 2.35. The smallest absolute Gasteiger partial charge is 0.312 e. The molecule has 0 aliphatic carbocycles. The van der Waals surface area contributed by atoms with Gasteiger partial charge in [-0.25, -0.2) is 4.79 Å². The molecule has 13 nitrogen and oxygen atoms in total. The first-order chi connectivity index (χ1) is 22.5. The number of benzene rings is 1. The summed E-state index contributed by atoms with van der Waals surface area (Å²) in [5.41, 5.74) is 6.11. The Kier molecular flexibility index (Phi) is 15.7. The van der Waals surface area contributed by atoms with E-state index in [2.05, 4.69) is 16.0 Å². The maximum atomic E-state index is 13.5. The van der Waals surface area contributed by atoms with Crippen LogP contribution in [0.15, 0.2) is 24.3 Å². The number of carbonyl (C=O) groups is 7. The first kappa shape index (κ1) is 39.9. The molecule has 1 aliphatic heterocycles. The van der Waals surface area contributed by atoms with Gasteiger partial charge in [0.05, 0.1) is 12.0 Å². The zero-order valence-corrected chi connectivity index (χ0v) is 29.2. The third kappa shape index (κ3) is 13.4. The van der Waals surface area contributed by atoms with Crippen molar-refractivity contribution in [3.05, 3.63) is 29.8 Å². The maximum Gasteiger partial charge on any atom is 0.312 e. The molecule has 0 saturated carbocycles. The summed E-state index contributed by atoms with van der Waals surface area (Å²) in [5.74, 6) is -2.91. The van der Waals surface area contributed by atoms with E-state index in [1.165, 1.54) is 11.8 Å². The summed E-state index contributed by atoms with van der Waals surface area (Å²) in [5, 5.41) is 8.15. The molecule has 48 heavy (non-hydrogen) atoms. The van der Waals surface area contributed by atoms with E-state index >= 15 is 0 Å². The molecule has 1 saturated heterocycles. The number of likely N-dealkylation sites (tertiary alicyclic amines) is 1. The molecule has 5 N–H and O–H groups in total. The van der Waals surface area contributed by atoms with Gasteiger partial charge in [-0.2, -0.15) is 0 Å². The number of carbonyl (C=O) groups excluding carboxylic acids is 7. The molecule has 1 aromatic rings. The van der Waals surface area contributed by atoms with Crippen LogP contribution in [0.4, 0.5) is 10.5 Å². The van der Waals surface area contributed by atoms with Crippen LogP contribution >= 0.6 is 0 Å². The first-order valence-corrected chi connectivity index (χ1v) is 16.7. The molecule has 6 amide bonds. The Balaban J connectivity index is 1.93. The van der Waals surface area contributed by atoms with Crippen LogP contribution in [0.2, 0.25) is 0 Å². The van der Waals surface area contributed by atoms with E-state index in [0.29, 0.717) is 44.3 Å². The van der Waals surface area contributed by atoms with Gasteiger partial charge < -0.3 is 26.4 Å². The fourth-order valence-electron chi connectivity index (χ4n) is 5.56. The SMILES string of the molecule is CC(=O)OCc1ccc(NC(=O)C(CCCNC(N)=O)CC(=O)C(NC(=O)CCCCCN2C(=O)CC(C(C)(C)C)C2=O)C(C)C)cc1. The molecular formula is C35H53N5O8. The van der Waals surface area contributed by atoms with Gasteiger partial charge in [-0.3, -0.25) is 33.7 Å². The van der Waals surface area contributed by atoms with Gasteiger partial charge in [0.25, 0.3) is 0 Å². The van der Waals surface area contributed by atoms with Crippen molar-refractivity contribution >= 4 is 47.1 Å². The standard InChI is InChI=1S/C35H53N5O8/c1-22(2)31(39-29(43)12-8-7-9-18-40-30(44)20-27(33(40)46)35(4,5)6)28(42)19-25(11-10-17-37-34(36)47)32(45)38-26-15-13-24(14-16-26)21-48-23(3)41/h13-16,22,25,27,31H,7-12,17-21H2,1-6H3,(H,38,45)(H,39,43)(H3,36,37,47). The van der Waals surface area contributed by atoms with Crippen LogP contribution in [0.3, 0.4) is 0 Å². The van der Waals surface area contributed by atoms with Crippen LogP contribution < -0.4 is 21.7 Å². The number of hydrogen-bond acceptors (Lipinski definition) is 8. The Morgan fingerprint density at radius 3 is 2.23 bits per heavy atom. The van der Waals surface area contributed by atoms with Gasteiger partial charge in [-0.15, -0.1) is 0 Å². The van der Waals surface area contributed by atoms with E-state index in [1.54, 1.807) is 24.3 Å². The number of ether oxygens (including phenoxy) is 1. The van der Waals surface area contributed by atoms with E-state index < -0.39 is 24.0 Å². The van der Waals surface area contributed by atoms with Gasteiger partial charge >= 0.3 is 12.0 Å². The minimum atomic E-state index is -0.800. The van der Waals surface area contributed by atoms with Crippen LogP contribution in [-0.4, -0.2) is 65.4 Å². The van der Waals surface area contributed by atoms with Crippen molar-refractivity contribution in [3.8, 4) is 0 Å². The van der Waals surface area contributed by atoms with E-state index in [9.17, 15) is 33.6 Å². The molecule has 0 aromatic heterocycles. The minimum Gasteiger partial charge on any atom is -0.461 e. The van der Waals surface area contributed by atoms with E-state index in [-0.39, 0.29) is 79.1 Å². The van der Waals surface area contributed by atoms with Gasteiger partial charge in [0.1, 0.15) is 6.61 Å². The van der Waals surface area contributed by atoms with Crippen LogP contribution in [0, 0.1) is 23.2 Å². The summed E-state index contributed by atoms with van der Waals surface area (Å²) in [4.78, 5) is 88.2. The van der Waals surface area contributed by atoms with Crippen molar-refractivity contribution in [1.82, 2.24) is 15.5 Å². The molecule has 0 spiro atoms. The van der Waals surface area contributed by atoms with Crippen molar-refractivity contribution in [2.45, 2.75) is 106 Å². The molecule has 266 valence electrons. The number of nitrogens with zero attached hydrogens (tertiary/aromatic N) is 1. The third-order valence-electron chi connectivity index (χ3n) is 8.42. The predicted molar refractivity (Wildman–Crippen MR) is 180 cm³/mol. The monoisotopic (exact) mass is 671 g/mol. The van der Waals surface area contributed by atoms with Crippen LogP contribution in [0.25, 0.3) is 0 Å². The molecule has 13 heteroatoms. The molecule has 0 radical (unpaired) electrons. The summed E-state index contributed by atoms with van der Waals surface area (Å²) in [7, 11) is 0. The number of hydrogen-bond donors (Lipinski definition) is 4. The molecule has 0 bridgehead atoms. The number of rotatable bonds is 19. The molecule has 2 rings (SSSR count). The fourth-order valence-corrected chi connectivity index (χ4v) is 5.56. The number of nitrogens with two attached hydrogens (primary N) is 1. The zero-order valence-electron chi connectivity index (χ0n) is 29.2. The van der Waals surface area contributed by atoms with E-state index in [1.807, 2.05) is 34.6 Å². The van der Waals surface area contributed by atoms with Crippen LogP contribution in [0.1, 0.15) is 98.5 Å². The first-order valence-electron chi connectivity index (χ1n) is 16.7. The van der Waals surface area contributed by atoms with Gasteiger partial charge in [-0.1, -0.05) is 53.2 Å². The number of urea groups is 1. The topological polar surface area (TPSA) is 194 Å². The second-order valence-corrected chi connectivity index (χ2v) is 13.9. The lowest BCUT2D eigenvalue weighted by molar-refractivity contribution is -0.142. The Hall–Kier alpha value is -4.29. The molecule has 1 heterocycles. The summed E-state index contributed by atoms with van der Waals surface area (Å²) in [6, 6.07) is 5.29. The number of nitrogens with one attached hydrogen (secondary N) is 3. The molecular weight excluding hydrogens is 618 g/mol. The number of primary amides is 1. The fraction of sp³-hybridized carbons (Fsp3) is 0.629. The highest BCUT2D eigenvalue weighted by atomic mass is 16.5. The van der Waals surface area contributed by atoms with Gasteiger partial charge in [0, 0.05) is 50.9 Å². The third-order valence-corrected chi connectivity index (χ3v) is 8.42. The highest BCUT2D eigenvalue weighted by Gasteiger charge is 2.44. The Bertz CT molecular complexity index is 1300. The molecule has 3 unspecified atom stereocenters. The lowest BCUT2D eigenvalue weighted by Crippen LogP contribution is -2.45. The Labute approximate surface area is 283 Å². The summed E-state index contributed by atoms with van der Waals surface area (Å²) < 4.78 is 4.99. The van der Waals surface area contributed by atoms with Gasteiger partial charge in [0.2, 0.25) is 23.6 Å². The number of esters is 1. The Morgan fingerprint density at radius 2 is 1.67 bits per heavy atom. The van der Waals surface area contributed by atoms with E-state index in [0.717, 1.165) is 5.56 Å². The summed E-state index contributed by atoms with van der Waals surface area (Å²) in [6.45, 7) is 11.5. The van der Waals surface area contributed by atoms with Crippen molar-refractivity contribution in [1.29, 1.82) is 0 Å². The largest absolute Gasteiger partial charge is 0.461 e. The molecule has 1 aliphatic rings. The maximum absolute atomic E-state index is 13.5. The van der Waals surface area contributed by atoms with Crippen LogP contribution in [0.5, 0.6) is 0 Å². The van der Waals surface area contributed by atoms with Crippen molar-refractivity contribution in [2.75, 3.05) is 18.4 Å². The quantitative estimate of drug-likeness (QED) is 0.0968. The number of ketones is 1. The van der Waals surface area contributed by atoms with Crippen molar-refractivity contribution in [2.24, 2.45) is 28.9 Å². The van der Waals surface area contributed by atoms with Crippen molar-refractivity contribution in [3.63, 3.8) is 0 Å². The Morgan fingerprint density at radius 1 is 1.00 bits per heavy atom. The second kappa shape index (κ2) is 18.9. The molecule has 1 fully saturated rings. The molecule has 3 atom stereocenters. The summed E-state index contributed by atoms with van der Waals surface area (Å²) >= 11 is 0. The number of unbranched alkanes of at least 4 members (excludes halogenated alkanes) is 2. The lowest BCUT2D eigenvalue weighted by atomic mass is 9.80. The van der Waals surface area contributed by atoms with E-state index in [4.69, 9.17) is 10.5 Å². The average Bonchev–Trinajstić information content (AvgIpc) is 3.29. The van der Waals surface area contributed by atoms with Gasteiger partial charge in [-0.05, 0) is 54.7 Å². The zero-order chi connectivity index (χ0) is 36.0. The predicted octanol–water partition coefficient (Wildman–Crippen LogP) is 3.83. The highest BCUT2D eigenvalue weighted by molar-refractivity contribution is 6.04. The number of amides is 6. The van der Waals surface area contributed by atoms with Crippen LogP contribution in [-0.2, 0) is 40.1 Å². The minimum absolute atomic E-state index is 0.106. The number of anilines is 1. The second-order valence-electron chi connectivity index (χ2n) is 13.9. The normalized spacial score (nSPS) is 16.0. The average molecular weight is 672 g/mol. The molecule has 1 aromatic carbocycles.